The number of hydrogen-bond acceptors (Lipinski definition) is 1. The van der Waals surface area contributed by atoms with Crippen LogP contribution in [0.1, 0.15) is 5.56 Å². The highest BCUT2D eigenvalue weighted by Crippen LogP contribution is 2.20. The summed E-state index contributed by atoms with van der Waals surface area (Å²) in [5.41, 5.74) is 2.28. The van der Waals surface area contributed by atoms with Gasteiger partial charge in [0.2, 0.25) is 5.91 Å². The summed E-state index contributed by atoms with van der Waals surface area (Å²) >= 11 is 5.61. The van der Waals surface area contributed by atoms with Crippen LogP contribution in [0.15, 0.2) is 48.7 Å². The number of benzene rings is 2. The summed E-state index contributed by atoms with van der Waals surface area (Å²) in [5.74, 6) is -0.761. The highest BCUT2D eigenvalue weighted by Gasteiger charge is 2.09. The Hall–Kier alpha value is -2.33. The molecule has 106 valence electrons. The standard InChI is InChI=1S/C16H12ClFN2O/c17-13-6-5-11(8-14(13)18)20-16(21)7-10-9-19-15-4-2-1-3-12(10)15/h1-6,8-9,19H,7H2,(H,20,21). The average molecular weight is 303 g/mol. The van der Waals surface area contributed by atoms with Gasteiger partial charge in [-0.05, 0) is 29.8 Å². The summed E-state index contributed by atoms with van der Waals surface area (Å²) < 4.78 is 13.3. The van der Waals surface area contributed by atoms with E-state index in [0.29, 0.717) is 5.69 Å². The number of anilines is 1. The topological polar surface area (TPSA) is 44.9 Å². The molecule has 0 saturated heterocycles. The Kier molecular flexibility index (Phi) is 3.62. The predicted octanol–water partition coefficient (Wildman–Crippen LogP) is 4.14. The van der Waals surface area contributed by atoms with Crippen LogP contribution in [0.3, 0.4) is 0 Å². The minimum absolute atomic E-state index is 0.0321. The van der Waals surface area contributed by atoms with E-state index >= 15 is 0 Å². The molecule has 5 heteroatoms. The van der Waals surface area contributed by atoms with Gasteiger partial charge in [-0.3, -0.25) is 4.79 Å². The van der Waals surface area contributed by atoms with Crippen molar-refractivity contribution >= 4 is 34.1 Å². The third-order valence-electron chi connectivity index (χ3n) is 3.23. The molecule has 3 aromatic rings. The summed E-state index contributed by atoms with van der Waals surface area (Å²) in [6.45, 7) is 0. The van der Waals surface area contributed by atoms with Gasteiger partial charge < -0.3 is 10.3 Å². The highest BCUT2D eigenvalue weighted by atomic mass is 35.5. The van der Waals surface area contributed by atoms with Crippen LogP contribution in [-0.4, -0.2) is 10.9 Å². The van der Waals surface area contributed by atoms with Crippen LogP contribution in [0.4, 0.5) is 10.1 Å². The van der Waals surface area contributed by atoms with Crippen LogP contribution >= 0.6 is 11.6 Å². The van der Waals surface area contributed by atoms with Gasteiger partial charge >= 0.3 is 0 Å². The van der Waals surface area contributed by atoms with E-state index in [1.807, 2.05) is 30.5 Å². The molecule has 3 nitrogen and oxygen atoms in total. The zero-order valence-electron chi connectivity index (χ0n) is 11.0. The molecule has 0 saturated carbocycles. The number of H-pyrrole nitrogens is 1. The molecule has 0 bridgehead atoms. The number of fused-ring (bicyclic) bond motifs is 1. The van der Waals surface area contributed by atoms with Gasteiger partial charge in [0.05, 0.1) is 11.4 Å². The molecular formula is C16H12ClFN2O. The molecule has 1 amide bonds. The van der Waals surface area contributed by atoms with Crippen molar-refractivity contribution in [3.63, 3.8) is 0 Å². The minimum Gasteiger partial charge on any atom is -0.361 e. The van der Waals surface area contributed by atoms with Crippen molar-refractivity contribution in [1.29, 1.82) is 0 Å². The maximum atomic E-state index is 13.3. The van der Waals surface area contributed by atoms with E-state index < -0.39 is 5.82 Å². The molecule has 21 heavy (non-hydrogen) atoms. The van der Waals surface area contributed by atoms with E-state index in [2.05, 4.69) is 10.3 Å². The molecule has 3 rings (SSSR count). The van der Waals surface area contributed by atoms with Gasteiger partial charge in [-0.1, -0.05) is 29.8 Å². The Balaban J connectivity index is 1.75. The normalized spacial score (nSPS) is 10.8. The first kappa shape index (κ1) is 13.6. The number of nitrogens with one attached hydrogen (secondary N) is 2. The van der Waals surface area contributed by atoms with Crippen molar-refractivity contribution in [2.75, 3.05) is 5.32 Å². The van der Waals surface area contributed by atoms with Crippen LogP contribution in [0.2, 0.25) is 5.02 Å². The van der Waals surface area contributed by atoms with Gasteiger partial charge in [-0.2, -0.15) is 0 Å². The van der Waals surface area contributed by atoms with Crippen molar-refractivity contribution in [2.45, 2.75) is 6.42 Å². The fraction of sp³-hybridized carbons (Fsp3) is 0.0625. The Bertz CT molecular complexity index is 813. The maximum Gasteiger partial charge on any atom is 0.228 e. The van der Waals surface area contributed by atoms with E-state index in [9.17, 15) is 9.18 Å². The number of hydrogen-bond donors (Lipinski definition) is 2. The number of aromatic amines is 1. The zero-order chi connectivity index (χ0) is 14.8. The van der Waals surface area contributed by atoms with Crippen LogP contribution in [-0.2, 0) is 11.2 Å². The third kappa shape index (κ3) is 2.90. The number of rotatable bonds is 3. The SMILES string of the molecule is O=C(Cc1c[nH]c2ccccc12)Nc1ccc(Cl)c(F)c1. The van der Waals surface area contributed by atoms with E-state index in [4.69, 9.17) is 11.6 Å². The molecule has 1 aromatic heterocycles. The van der Waals surface area contributed by atoms with Gasteiger partial charge in [0, 0.05) is 22.8 Å². The lowest BCUT2D eigenvalue weighted by molar-refractivity contribution is -0.115. The quantitative estimate of drug-likeness (QED) is 0.750. The molecule has 0 aliphatic rings. The Morgan fingerprint density at radius 3 is 2.86 bits per heavy atom. The van der Waals surface area contributed by atoms with Gasteiger partial charge in [-0.15, -0.1) is 0 Å². The fourth-order valence-electron chi connectivity index (χ4n) is 2.23. The van der Waals surface area contributed by atoms with Crippen molar-refractivity contribution < 1.29 is 9.18 Å². The van der Waals surface area contributed by atoms with Gasteiger partial charge in [0.15, 0.2) is 0 Å². The number of amides is 1. The van der Waals surface area contributed by atoms with Crippen LogP contribution in [0.5, 0.6) is 0 Å². The summed E-state index contributed by atoms with van der Waals surface area (Å²) in [5, 5.41) is 3.70. The van der Waals surface area contributed by atoms with Gasteiger partial charge in [0.1, 0.15) is 5.82 Å². The predicted molar refractivity (Wildman–Crippen MR) is 82.0 cm³/mol. The summed E-state index contributed by atoms with van der Waals surface area (Å²) in [4.78, 5) is 15.2. The first-order chi connectivity index (χ1) is 10.1. The second kappa shape index (κ2) is 5.58. The van der Waals surface area contributed by atoms with Gasteiger partial charge in [0.25, 0.3) is 0 Å². The Morgan fingerprint density at radius 1 is 1.24 bits per heavy atom. The summed E-state index contributed by atoms with van der Waals surface area (Å²) in [6, 6.07) is 11.9. The number of halogens is 2. The number of carbonyl (C=O) groups is 1. The van der Waals surface area contributed by atoms with Crippen molar-refractivity contribution in [3.05, 3.63) is 65.1 Å². The van der Waals surface area contributed by atoms with Crippen LogP contribution in [0.25, 0.3) is 10.9 Å². The zero-order valence-corrected chi connectivity index (χ0v) is 11.7. The first-order valence-electron chi connectivity index (χ1n) is 6.43. The van der Waals surface area contributed by atoms with E-state index in [1.54, 1.807) is 6.07 Å². The monoisotopic (exact) mass is 302 g/mol. The second-order valence-corrected chi connectivity index (χ2v) is 5.12. The van der Waals surface area contributed by atoms with E-state index in [-0.39, 0.29) is 17.4 Å². The van der Waals surface area contributed by atoms with E-state index in [0.717, 1.165) is 16.5 Å². The average Bonchev–Trinajstić information content (AvgIpc) is 2.86. The van der Waals surface area contributed by atoms with Crippen molar-refractivity contribution in [1.82, 2.24) is 4.98 Å². The van der Waals surface area contributed by atoms with Crippen molar-refractivity contribution in [3.8, 4) is 0 Å². The second-order valence-electron chi connectivity index (χ2n) is 4.71. The van der Waals surface area contributed by atoms with Crippen LogP contribution in [0, 0.1) is 5.82 Å². The summed E-state index contributed by atoms with van der Waals surface area (Å²) in [6.07, 6.45) is 2.03. The number of aromatic nitrogens is 1. The fourth-order valence-corrected chi connectivity index (χ4v) is 2.35. The molecule has 0 unspecified atom stereocenters. The molecule has 0 atom stereocenters. The molecule has 0 fully saturated rings. The molecular weight excluding hydrogens is 291 g/mol. The third-order valence-corrected chi connectivity index (χ3v) is 3.54. The van der Waals surface area contributed by atoms with Crippen molar-refractivity contribution in [2.24, 2.45) is 0 Å². The smallest absolute Gasteiger partial charge is 0.228 e. The number of para-hydroxylation sites is 1. The molecule has 0 radical (unpaired) electrons. The molecule has 0 aliphatic carbocycles. The molecule has 2 N–H and O–H groups in total. The molecule has 0 spiro atoms. The van der Waals surface area contributed by atoms with E-state index in [1.165, 1.54) is 12.1 Å². The molecule has 0 aliphatic heterocycles. The minimum atomic E-state index is -0.554. The Morgan fingerprint density at radius 2 is 2.05 bits per heavy atom. The lowest BCUT2D eigenvalue weighted by Gasteiger charge is -2.05. The number of carbonyl (C=O) groups excluding carboxylic acids is 1. The highest BCUT2D eigenvalue weighted by molar-refractivity contribution is 6.30. The Labute approximate surface area is 125 Å². The van der Waals surface area contributed by atoms with Gasteiger partial charge in [-0.25, -0.2) is 4.39 Å². The lowest BCUT2D eigenvalue weighted by Crippen LogP contribution is -2.14. The summed E-state index contributed by atoms with van der Waals surface area (Å²) in [7, 11) is 0. The maximum absolute atomic E-state index is 13.3. The largest absolute Gasteiger partial charge is 0.361 e. The van der Waals surface area contributed by atoms with Crippen LogP contribution < -0.4 is 5.32 Å². The first-order valence-corrected chi connectivity index (χ1v) is 6.81. The molecule has 2 aromatic carbocycles. The lowest BCUT2D eigenvalue weighted by atomic mass is 10.1. The molecule has 1 heterocycles.